The Hall–Kier alpha value is -3.39. The Morgan fingerprint density at radius 3 is 2.37 bits per heavy atom. The maximum Gasteiger partial charge on any atom is 0.252 e. The second-order valence-corrected chi connectivity index (χ2v) is 10.6. The first-order chi connectivity index (χ1) is 16.9. The number of nitrogens with one attached hydrogen (secondary N) is 2. The maximum atomic E-state index is 13.3. The van der Waals surface area contributed by atoms with Gasteiger partial charge >= 0.3 is 0 Å². The zero-order valence-corrected chi connectivity index (χ0v) is 20.0. The monoisotopic (exact) mass is 465 g/mol. The van der Waals surface area contributed by atoms with Crippen LogP contribution in [0.2, 0.25) is 0 Å². The summed E-state index contributed by atoms with van der Waals surface area (Å²) in [6.07, 6.45) is 0.613. The molecule has 5 aromatic rings. The molecule has 5 heterocycles. The van der Waals surface area contributed by atoms with Gasteiger partial charge in [0.25, 0.3) is 5.91 Å². The van der Waals surface area contributed by atoms with Gasteiger partial charge in [-0.05, 0) is 31.7 Å². The van der Waals surface area contributed by atoms with Crippen LogP contribution in [0.15, 0.2) is 48.5 Å². The van der Waals surface area contributed by atoms with Gasteiger partial charge in [-0.3, -0.25) is 15.1 Å². The number of carbonyl (C=O) groups excluding carboxylic acids is 1. The highest BCUT2D eigenvalue weighted by Gasteiger charge is 2.55. The van der Waals surface area contributed by atoms with Crippen LogP contribution in [0.25, 0.3) is 43.6 Å². The van der Waals surface area contributed by atoms with E-state index in [0.717, 1.165) is 54.7 Å². The fourth-order valence-electron chi connectivity index (χ4n) is 7.40. The lowest BCUT2D eigenvalue weighted by Gasteiger charge is -2.52. The third-order valence-electron chi connectivity index (χ3n) is 9.02. The van der Waals surface area contributed by atoms with E-state index in [1.807, 2.05) is 19.2 Å². The molecule has 2 bridgehead atoms. The number of hydrogen-bond donors (Lipinski definition) is 3. The molecule has 176 valence electrons. The number of amides is 1. The minimum atomic E-state index is -1.09. The van der Waals surface area contributed by atoms with Crippen molar-refractivity contribution < 1.29 is 9.53 Å². The second-order valence-electron chi connectivity index (χ2n) is 10.6. The highest BCUT2D eigenvalue weighted by atomic mass is 16.6. The molecule has 1 amide bonds. The van der Waals surface area contributed by atoms with Gasteiger partial charge in [0.2, 0.25) is 5.85 Å². The molecule has 1 fully saturated rings. The zero-order valence-electron chi connectivity index (χ0n) is 20.0. The highest BCUT2D eigenvalue weighted by molar-refractivity contribution is 6.31. The molecule has 35 heavy (non-hydrogen) atoms. The summed E-state index contributed by atoms with van der Waals surface area (Å²) in [6.45, 7) is 4.94. The summed E-state index contributed by atoms with van der Waals surface area (Å²) in [6, 6.07) is 16.9. The maximum absolute atomic E-state index is 13.3. The SMILES string of the molecule is CN[C@@H]1C[C@@]2(N)O[C@@](C)([C@@H]1C)n1c3ccccc3c3c4c(c5c6ccccc6n2c5c31)C(=O)NC4. The molecule has 0 spiro atoms. The van der Waals surface area contributed by atoms with Crippen LogP contribution in [-0.2, 0) is 22.9 Å². The molecule has 2 aromatic heterocycles. The smallest absolute Gasteiger partial charge is 0.252 e. The van der Waals surface area contributed by atoms with E-state index in [0.29, 0.717) is 13.0 Å². The van der Waals surface area contributed by atoms with Crippen molar-refractivity contribution in [2.75, 3.05) is 7.05 Å². The molecule has 0 radical (unpaired) electrons. The first kappa shape index (κ1) is 19.9. The van der Waals surface area contributed by atoms with Gasteiger partial charge in [-0.15, -0.1) is 0 Å². The number of nitrogens with zero attached hydrogens (tertiary/aromatic N) is 2. The Labute approximate surface area is 201 Å². The third-order valence-corrected chi connectivity index (χ3v) is 9.02. The molecular formula is C28H27N5O2. The molecule has 3 aromatic carbocycles. The van der Waals surface area contributed by atoms with E-state index < -0.39 is 11.6 Å². The summed E-state index contributed by atoms with van der Waals surface area (Å²) in [5.41, 5.74) is 12.6. The molecule has 7 nitrogen and oxygen atoms in total. The fraction of sp³-hybridized carbons (Fsp3) is 0.321. The lowest BCUT2D eigenvalue weighted by atomic mass is 9.84. The largest absolute Gasteiger partial charge is 0.348 e. The second kappa shape index (κ2) is 6.05. The van der Waals surface area contributed by atoms with Gasteiger partial charge in [0.1, 0.15) is 0 Å². The number of carbonyl (C=O) groups is 1. The average molecular weight is 466 g/mol. The van der Waals surface area contributed by atoms with Gasteiger partial charge < -0.3 is 19.9 Å². The van der Waals surface area contributed by atoms with E-state index in [9.17, 15) is 4.79 Å². The van der Waals surface area contributed by atoms with Crippen molar-refractivity contribution in [3.63, 3.8) is 0 Å². The van der Waals surface area contributed by atoms with E-state index in [1.165, 1.54) is 0 Å². The van der Waals surface area contributed by atoms with Crippen LogP contribution in [0, 0.1) is 5.92 Å². The van der Waals surface area contributed by atoms with Gasteiger partial charge in [0.05, 0.1) is 27.6 Å². The van der Waals surface area contributed by atoms with E-state index >= 15 is 0 Å². The van der Waals surface area contributed by atoms with Crippen LogP contribution >= 0.6 is 0 Å². The lowest BCUT2D eigenvalue weighted by molar-refractivity contribution is -0.281. The minimum Gasteiger partial charge on any atom is -0.348 e. The lowest BCUT2D eigenvalue weighted by Crippen LogP contribution is -2.63. The van der Waals surface area contributed by atoms with Gasteiger partial charge in [0, 0.05) is 46.5 Å². The Morgan fingerprint density at radius 1 is 1.03 bits per heavy atom. The predicted octanol–water partition coefficient (Wildman–Crippen LogP) is 4.05. The van der Waals surface area contributed by atoms with E-state index in [2.05, 4.69) is 70.0 Å². The topological polar surface area (TPSA) is 86.2 Å². The van der Waals surface area contributed by atoms with Crippen molar-refractivity contribution in [3.8, 4) is 0 Å². The summed E-state index contributed by atoms with van der Waals surface area (Å²) in [7, 11) is 2.00. The predicted molar refractivity (Wildman–Crippen MR) is 137 cm³/mol. The van der Waals surface area contributed by atoms with Gasteiger partial charge in [-0.25, -0.2) is 0 Å². The average Bonchev–Trinajstić information content (AvgIpc) is 3.49. The number of rotatable bonds is 1. The molecule has 7 heteroatoms. The number of fused-ring (bicyclic) bond motifs is 13. The molecule has 3 aliphatic heterocycles. The van der Waals surface area contributed by atoms with Crippen molar-refractivity contribution in [3.05, 3.63) is 59.7 Å². The molecule has 0 aliphatic carbocycles. The standard InChI is InChI=1S/C28H27N5O2/c1-14-18(30-3)12-28(29)33-20-11-7-5-9-16(20)22-23-17(13-31-26(23)34)21-15-8-4-6-10-19(15)32(24(21)25(22)33)27(14,2)35-28/h4-11,14,18,30H,12-13,29H2,1-3H3,(H,31,34)/t14-,18-,27+,28+/m1/s1. The quantitative estimate of drug-likeness (QED) is 0.349. The molecule has 8 rings (SSSR count). The van der Waals surface area contributed by atoms with E-state index in [1.54, 1.807) is 0 Å². The number of nitrogens with two attached hydrogens (primary N) is 1. The summed E-state index contributed by atoms with van der Waals surface area (Å²) in [5, 5.41) is 10.9. The number of aromatic nitrogens is 2. The summed E-state index contributed by atoms with van der Waals surface area (Å²) < 4.78 is 11.6. The number of benzene rings is 3. The Bertz CT molecular complexity index is 1780. The van der Waals surface area contributed by atoms with Crippen LogP contribution in [0.5, 0.6) is 0 Å². The number of para-hydroxylation sites is 2. The van der Waals surface area contributed by atoms with E-state index in [-0.39, 0.29) is 17.9 Å². The third kappa shape index (κ3) is 2.05. The van der Waals surface area contributed by atoms with Gasteiger partial charge in [-0.2, -0.15) is 0 Å². The molecule has 0 saturated carbocycles. The Morgan fingerprint density at radius 2 is 1.66 bits per heavy atom. The summed E-state index contributed by atoms with van der Waals surface area (Å²) >= 11 is 0. The van der Waals surface area contributed by atoms with E-state index in [4.69, 9.17) is 10.5 Å². The molecule has 4 atom stereocenters. The molecule has 1 saturated heterocycles. The van der Waals surface area contributed by atoms with Gasteiger partial charge in [0.15, 0.2) is 5.72 Å². The molecule has 0 unspecified atom stereocenters. The van der Waals surface area contributed by atoms with Crippen molar-refractivity contribution in [1.82, 2.24) is 19.8 Å². The van der Waals surface area contributed by atoms with Crippen molar-refractivity contribution in [2.45, 2.75) is 44.4 Å². The number of hydrogen-bond acceptors (Lipinski definition) is 4. The van der Waals surface area contributed by atoms with Crippen LogP contribution in [-0.4, -0.2) is 28.1 Å². The van der Waals surface area contributed by atoms with Crippen molar-refractivity contribution >= 4 is 49.5 Å². The zero-order chi connectivity index (χ0) is 23.9. The summed E-state index contributed by atoms with van der Waals surface area (Å²) in [5.74, 6) is -0.970. The summed E-state index contributed by atoms with van der Waals surface area (Å²) in [4.78, 5) is 13.3. The van der Waals surface area contributed by atoms with Crippen LogP contribution in [0.1, 0.15) is 36.2 Å². The van der Waals surface area contributed by atoms with Crippen LogP contribution in [0.3, 0.4) is 0 Å². The van der Waals surface area contributed by atoms with Gasteiger partial charge in [-0.1, -0.05) is 43.3 Å². The first-order valence-electron chi connectivity index (χ1n) is 12.4. The van der Waals surface area contributed by atoms with Crippen LogP contribution in [0.4, 0.5) is 0 Å². The number of ether oxygens (including phenoxy) is 1. The van der Waals surface area contributed by atoms with Crippen molar-refractivity contribution in [1.29, 1.82) is 0 Å². The molecular weight excluding hydrogens is 438 g/mol. The van der Waals surface area contributed by atoms with Crippen LogP contribution < -0.4 is 16.4 Å². The normalized spacial score (nSPS) is 29.4. The highest BCUT2D eigenvalue weighted by Crippen LogP contribution is 2.55. The Balaban J connectivity index is 1.76. The Kier molecular flexibility index (Phi) is 3.43. The molecule has 4 N–H and O–H groups in total. The minimum absolute atomic E-state index is 0.0199. The van der Waals surface area contributed by atoms with Crippen molar-refractivity contribution in [2.24, 2.45) is 11.7 Å². The first-order valence-corrected chi connectivity index (χ1v) is 12.4. The fourth-order valence-corrected chi connectivity index (χ4v) is 7.40. The molecule has 3 aliphatic rings.